The van der Waals surface area contributed by atoms with E-state index in [2.05, 4.69) is 17.4 Å². The maximum absolute atomic E-state index is 12.8. The van der Waals surface area contributed by atoms with Gasteiger partial charge >= 0.3 is 6.09 Å². The molecule has 2 saturated heterocycles. The number of nitrogens with one attached hydrogen (secondary N) is 1. The second-order valence-electron chi connectivity index (χ2n) is 10.3. The number of ether oxygens (including phenoxy) is 1. The van der Waals surface area contributed by atoms with E-state index in [1.54, 1.807) is 0 Å². The lowest BCUT2D eigenvalue weighted by molar-refractivity contribution is -0.922. The monoisotopic (exact) mass is 464 g/mol. The molecule has 2 fully saturated rings. The molecule has 5 nitrogen and oxygen atoms in total. The van der Waals surface area contributed by atoms with Crippen LogP contribution in [0.3, 0.4) is 0 Å². The first kappa shape index (κ1) is 24.7. The lowest BCUT2D eigenvalue weighted by Crippen LogP contribution is -2.52. The van der Waals surface area contributed by atoms with Gasteiger partial charge in [-0.3, -0.25) is 5.32 Å². The SMILES string of the molecule is NCCCCCCCCC[N@+]12CCC(C1)C(OC(=O)Nc1ccccc1-c1ccccc1)CC2. The van der Waals surface area contributed by atoms with E-state index in [0.717, 1.165) is 36.3 Å². The summed E-state index contributed by atoms with van der Waals surface area (Å²) in [7, 11) is 0. The highest BCUT2D eigenvalue weighted by atomic mass is 16.6. The number of fused-ring (bicyclic) bond motifs is 2. The Labute approximate surface area is 205 Å². The molecule has 0 aromatic heterocycles. The number of hydrogen-bond acceptors (Lipinski definition) is 3. The zero-order chi connectivity index (χ0) is 23.6. The summed E-state index contributed by atoms with van der Waals surface area (Å²) in [5.41, 5.74) is 8.47. The third kappa shape index (κ3) is 6.61. The molecule has 0 saturated carbocycles. The van der Waals surface area contributed by atoms with E-state index in [1.165, 1.54) is 75.5 Å². The van der Waals surface area contributed by atoms with Crippen molar-refractivity contribution >= 4 is 11.8 Å². The fraction of sp³-hybridized carbons (Fsp3) is 0.552. The lowest BCUT2D eigenvalue weighted by atomic mass is 9.95. The number of carbonyl (C=O) groups excluding carboxylic acids is 1. The summed E-state index contributed by atoms with van der Waals surface area (Å²) in [5, 5.41) is 3.02. The predicted octanol–water partition coefficient (Wildman–Crippen LogP) is 6.20. The summed E-state index contributed by atoms with van der Waals surface area (Å²) in [6.07, 6.45) is 11.0. The van der Waals surface area contributed by atoms with E-state index in [-0.39, 0.29) is 12.2 Å². The molecule has 2 aliphatic rings. The van der Waals surface area contributed by atoms with Gasteiger partial charge in [-0.05, 0) is 37.4 Å². The number of carbonyl (C=O) groups is 1. The highest BCUT2D eigenvalue weighted by molar-refractivity contribution is 5.91. The van der Waals surface area contributed by atoms with Crippen molar-refractivity contribution in [2.45, 2.75) is 63.9 Å². The zero-order valence-electron chi connectivity index (χ0n) is 20.6. The number of unbranched alkanes of at least 4 members (excludes halogenated alkanes) is 6. The van der Waals surface area contributed by atoms with Crippen LogP contribution in [-0.2, 0) is 4.74 Å². The second kappa shape index (κ2) is 12.4. The Morgan fingerprint density at radius 3 is 2.35 bits per heavy atom. The molecule has 3 N–H and O–H groups in total. The highest BCUT2D eigenvalue weighted by Crippen LogP contribution is 2.36. The normalized spacial score (nSPS) is 23.6. The molecule has 1 amide bonds. The lowest BCUT2D eigenvalue weighted by Gasteiger charge is -2.40. The molecular formula is C29H42N3O2+. The first-order valence-corrected chi connectivity index (χ1v) is 13.4. The molecule has 184 valence electrons. The fourth-order valence-corrected chi connectivity index (χ4v) is 5.95. The molecule has 2 unspecified atom stereocenters. The summed E-state index contributed by atoms with van der Waals surface area (Å²) < 4.78 is 7.23. The van der Waals surface area contributed by atoms with Gasteiger partial charge in [-0.25, -0.2) is 4.79 Å². The van der Waals surface area contributed by atoms with Crippen LogP contribution in [0, 0.1) is 5.92 Å². The smallest absolute Gasteiger partial charge is 0.411 e. The van der Waals surface area contributed by atoms with Crippen molar-refractivity contribution in [2.24, 2.45) is 11.7 Å². The Bertz CT molecular complexity index is 903. The Morgan fingerprint density at radius 2 is 1.56 bits per heavy atom. The van der Waals surface area contributed by atoms with Crippen LogP contribution in [-0.4, -0.2) is 49.4 Å². The molecule has 2 heterocycles. The van der Waals surface area contributed by atoms with E-state index >= 15 is 0 Å². The van der Waals surface area contributed by atoms with Crippen molar-refractivity contribution in [3.63, 3.8) is 0 Å². The molecule has 2 aromatic rings. The standard InChI is InChI=1S/C29H41N3O2/c30-19-11-4-2-1-3-5-12-20-32-21-17-25(23-32)28(18-22-32)34-29(33)31-27-16-10-9-15-26(27)24-13-7-6-8-14-24/h6-10,13-16,25,28H,1-5,11-12,17-23,30H2/p+1/t25?,28?,32-/m1/s1. The van der Waals surface area contributed by atoms with Gasteiger partial charge in [0, 0.05) is 18.4 Å². The van der Waals surface area contributed by atoms with Gasteiger partial charge in [0.2, 0.25) is 0 Å². The summed E-state index contributed by atoms with van der Waals surface area (Å²) >= 11 is 0. The van der Waals surface area contributed by atoms with E-state index < -0.39 is 0 Å². The summed E-state index contributed by atoms with van der Waals surface area (Å²) in [5.74, 6) is 0.500. The molecule has 2 aliphatic heterocycles. The maximum atomic E-state index is 12.8. The molecule has 2 bridgehead atoms. The van der Waals surface area contributed by atoms with Gasteiger partial charge in [0.1, 0.15) is 6.10 Å². The minimum Gasteiger partial charge on any atom is -0.445 e. The van der Waals surface area contributed by atoms with E-state index in [1.807, 2.05) is 42.5 Å². The third-order valence-corrected chi connectivity index (χ3v) is 7.85. The number of para-hydroxylation sites is 1. The number of hydrogen-bond donors (Lipinski definition) is 2. The predicted molar refractivity (Wildman–Crippen MR) is 140 cm³/mol. The number of benzene rings is 2. The Balaban J connectivity index is 1.22. The summed E-state index contributed by atoms with van der Waals surface area (Å²) in [6.45, 7) is 5.69. The Hall–Kier alpha value is -2.37. The molecule has 0 radical (unpaired) electrons. The molecule has 0 spiro atoms. The second-order valence-corrected chi connectivity index (χ2v) is 10.3. The molecule has 0 aliphatic carbocycles. The quantitative estimate of drug-likeness (QED) is 0.290. The summed E-state index contributed by atoms with van der Waals surface area (Å²) in [4.78, 5) is 12.8. The van der Waals surface area contributed by atoms with Crippen LogP contribution >= 0.6 is 0 Å². The van der Waals surface area contributed by atoms with Crippen molar-refractivity contribution < 1.29 is 14.0 Å². The van der Waals surface area contributed by atoms with Crippen molar-refractivity contribution in [3.8, 4) is 11.1 Å². The van der Waals surface area contributed by atoms with Crippen LogP contribution in [0.25, 0.3) is 11.1 Å². The minimum atomic E-state index is -0.324. The molecule has 4 rings (SSSR count). The largest absolute Gasteiger partial charge is 0.445 e. The van der Waals surface area contributed by atoms with E-state index in [0.29, 0.717) is 5.92 Å². The van der Waals surface area contributed by atoms with Gasteiger partial charge in [-0.15, -0.1) is 0 Å². The number of rotatable bonds is 12. The van der Waals surface area contributed by atoms with Gasteiger partial charge in [-0.1, -0.05) is 74.2 Å². The number of nitrogens with zero attached hydrogens (tertiary/aromatic N) is 1. The number of anilines is 1. The average molecular weight is 465 g/mol. The molecule has 2 aromatic carbocycles. The zero-order valence-corrected chi connectivity index (χ0v) is 20.6. The summed E-state index contributed by atoms with van der Waals surface area (Å²) in [6, 6.07) is 18.1. The van der Waals surface area contributed by atoms with Gasteiger partial charge in [0.25, 0.3) is 0 Å². The van der Waals surface area contributed by atoms with Gasteiger partial charge < -0.3 is 15.0 Å². The van der Waals surface area contributed by atoms with E-state index in [9.17, 15) is 4.79 Å². The van der Waals surface area contributed by atoms with Crippen LogP contribution in [0.4, 0.5) is 10.5 Å². The molecule has 5 heteroatoms. The number of quaternary nitrogens is 1. The van der Waals surface area contributed by atoms with Crippen LogP contribution in [0.15, 0.2) is 54.6 Å². The minimum absolute atomic E-state index is 0.0418. The van der Waals surface area contributed by atoms with Crippen LogP contribution in [0.2, 0.25) is 0 Å². The van der Waals surface area contributed by atoms with Gasteiger partial charge in [0.05, 0.1) is 37.8 Å². The van der Waals surface area contributed by atoms with E-state index in [4.69, 9.17) is 10.5 Å². The van der Waals surface area contributed by atoms with Crippen molar-refractivity contribution in [1.29, 1.82) is 0 Å². The maximum Gasteiger partial charge on any atom is 0.411 e. The third-order valence-electron chi connectivity index (χ3n) is 7.85. The fourth-order valence-electron chi connectivity index (χ4n) is 5.95. The van der Waals surface area contributed by atoms with Crippen molar-refractivity contribution in [1.82, 2.24) is 0 Å². The first-order chi connectivity index (χ1) is 16.7. The van der Waals surface area contributed by atoms with Crippen molar-refractivity contribution in [2.75, 3.05) is 38.0 Å². The van der Waals surface area contributed by atoms with Gasteiger partial charge in [0.15, 0.2) is 0 Å². The Morgan fingerprint density at radius 1 is 0.882 bits per heavy atom. The van der Waals surface area contributed by atoms with Crippen LogP contribution < -0.4 is 11.1 Å². The topological polar surface area (TPSA) is 64.3 Å². The molecular weight excluding hydrogens is 422 g/mol. The highest BCUT2D eigenvalue weighted by Gasteiger charge is 2.47. The molecule has 34 heavy (non-hydrogen) atoms. The van der Waals surface area contributed by atoms with Crippen molar-refractivity contribution in [3.05, 3.63) is 54.6 Å². The Kier molecular flexibility index (Phi) is 9.00. The molecule has 3 atom stereocenters. The number of piperidine rings is 1. The van der Waals surface area contributed by atoms with Gasteiger partial charge in [-0.2, -0.15) is 0 Å². The number of amides is 1. The average Bonchev–Trinajstić information content (AvgIpc) is 3.21. The van der Waals surface area contributed by atoms with Crippen LogP contribution in [0.1, 0.15) is 57.8 Å². The number of nitrogens with two attached hydrogens (primary N) is 1. The van der Waals surface area contributed by atoms with Crippen LogP contribution in [0.5, 0.6) is 0 Å². The first-order valence-electron chi connectivity index (χ1n) is 13.4.